The van der Waals surface area contributed by atoms with Gasteiger partial charge < -0.3 is 25.0 Å². The highest BCUT2D eigenvalue weighted by Crippen LogP contribution is 2.36. The van der Waals surface area contributed by atoms with E-state index in [0.717, 1.165) is 48.2 Å². The van der Waals surface area contributed by atoms with Gasteiger partial charge >= 0.3 is 0 Å². The van der Waals surface area contributed by atoms with Crippen molar-refractivity contribution in [3.63, 3.8) is 0 Å². The zero-order valence-corrected chi connectivity index (χ0v) is 23.8. The second kappa shape index (κ2) is 10.2. The molecule has 1 aliphatic heterocycles. The summed E-state index contributed by atoms with van der Waals surface area (Å²) in [6, 6.07) is 9.31. The van der Waals surface area contributed by atoms with Crippen molar-refractivity contribution in [1.29, 1.82) is 0 Å². The van der Waals surface area contributed by atoms with Crippen LogP contribution in [0, 0.1) is 12.7 Å². The Kier molecular flexibility index (Phi) is 6.69. The van der Waals surface area contributed by atoms with Crippen LogP contribution in [0.2, 0.25) is 0 Å². The first-order valence-corrected chi connectivity index (χ1v) is 13.8. The summed E-state index contributed by atoms with van der Waals surface area (Å²) in [5.41, 5.74) is 4.29. The molecule has 0 saturated carbocycles. The molecule has 2 aromatic carbocycles. The van der Waals surface area contributed by atoms with Crippen molar-refractivity contribution in [1.82, 2.24) is 35.7 Å². The second-order valence-electron chi connectivity index (χ2n) is 11.5. The maximum atomic E-state index is 16.0. The van der Waals surface area contributed by atoms with Crippen molar-refractivity contribution in [2.45, 2.75) is 46.1 Å². The lowest BCUT2D eigenvalue weighted by Crippen LogP contribution is -2.43. The molecule has 5 aromatic rings. The SMILES string of the molecule is Cc1c([C@@H](C)NC(=O)c2noc(C(C)(C)C)n2)ccc(-c2ncnc3[nH]c4cc(N5CCNCC5)ccc4c23)c1F. The second-order valence-corrected chi connectivity index (χ2v) is 11.5. The Balaban J connectivity index is 1.31. The number of nitrogens with zero attached hydrogens (tertiary/aromatic N) is 5. The van der Waals surface area contributed by atoms with Crippen molar-refractivity contribution < 1.29 is 13.7 Å². The molecule has 6 rings (SSSR count). The molecule has 0 spiro atoms. The number of nitrogens with one attached hydrogen (secondary N) is 3. The van der Waals surface area contributed by atoms with Gasteiger partial charge in [-0.1, -0.05) is 38.1 Å². The van der Waals surface area contributed by atoms with Crippen molar-refractivity contribution in [2.24, 2.45) is 0 Å². The number of aromatic amines is 1. The smallest absolute Gasteiger partial charge is 0.293 e. The third kappa shape index (κ3) is 4.90. The highest BCUT2D eigenvalue weighted by atomic mass is 19.1. The number of amides is 1. The lowest BCUT2D eigenvalue weighted by atomic mass is 9.96. The average molecular weight is 557 g/mol. The summed E-state index contributed by atoms with van der Waals surface area (Å²) in [5, 5.41) is 11.8. The van der Waals surface area contributed by atoms with Gasteiger partial charge in [0.05, 0.1) is 17.1 Å². The third-order valence-electron chi connectivity index (χ3n) is 7.62. The van der Waals surface area contributed by atoms with E-state index in [1.807, 2.05) is 26.8 Å². The number of H-pyrrole nitrogens is 1. The third-order valence-corrected chi connectivity index (χ3v) is 7.62. The van der Waals surface area contributed by atoms with E-state index in [2.05, 4.69) is 58.8 Å². The molecule has 4 heterocycles. The van der Waals surface area contributed by atoms with Gasteiger partial charge in [0.2, 0.25) is 5.89 Å². The van der Waals surface area contributed by atoms with Gasteiger partial charge in [-0.05, 0) is 43.2 Å². The minimum Gasteiger partial charge on any atom is -0.369 e. The summed E-state index contributed by atoms with van der Waals surface area (Å²) in [6.45, 7) is 13.1. The molecule has 1 atom stereocenters. The minimum atomic E-state index is -0.496. The number of carbonyl (C=O) groups excluding carboxylic acids is 1. The van der Waals surface area contributed by atoms with Crippen molar-refractivity contribution in [3.8, 4) is 11.3 Å². The maximum Gasteiger partial charge on any atom is 0.293 e. The first kappa shape index (κ1) is 26.8. The van der Waals surface area contributed by atoms with E-state index in [-0.39, 0.29) is 11.2 Å². The van der Waals surface area contributed by atoms with Gasteiger partial charge in [-0.3, -0.25) is 4.79 Å². The highest BCUT2D eigenvalue weighted by Gasteiger charge is 2.26. The molecule has 41 heavy (non-hydrogen) atoms. The monoisotopic (exact) mass is 556 g/mol. The Bertz CT molecular complexity index is 1760. The number of anilines is 1. The standard InChI is InChI=1S/C30H33FN8O2/c1-16-19(17(2)35-28(40)27-37-29(41-38-27)30(3,4)5)8-9-21(24(16)31)25-23-20-7-6-18(39-12-10-32-11-13-39)14-22(20)36-26(23)34-15-33-25/h6-9,14-15,17,32H,10-13H2,1-5H3,(H,35,40)(H,33,34,36)/t17-/m1/s1. The Labute approximate surface area is 236 Å². The van der Waals surface area contributed by atoms with Crippen LogP contribution in [0.25, 0.3) is 33.2 Å². The Hall–Kier alpha value is -4.38. The van der Waals surface area contributed by atoms with Crippen molar-refractivity contribution in [2.75, 3.05) is 31.1 Å². The van der Waals surface area contributed by atoms with Gasteiger partial charge in [-0.2, -0.15) is 4.98 Å². The number of piperazine rings is 1. The first-order valence-electron chi connectivity index (χ1n) is 13.8. The number of aromatic nitrogens is 5. The fourth-order valence-corrected chi connectivity index (χ4v) is 5.35. The summed E-state index contributed by atoms with van der Waals surface area (Å²) in [6.07, 6.45) is 1.45. The predicted octanol–water partition coefficient (Wildman–Crippen LogP) is 4.81. The van der Waals surface area contributed by atoms with Gasteiger partial charge in [0.15, 0.2) is 0 Å². The Morgan fingerprint density at radius 3 is 2.66 bits per heavy atom. The van der Waals surface area contributed by atoms with E-state index in [0.29, 0.717) is 33.9 Å². The van der Waals surface area contributed by atoms with E-state index >= 15 is 4.39 Å². The van der Waals surface area contributed by atoms with Crippen LogP contribution < -0.4 is 15.5 Å². The normalized spacial score (nSPS) is 15.0. The van der Waals surface area contributed by atoms with E-state index in [1.54, 1.807) is 19.9 Å². The summed E-state index contributed by atoms with van der Waals surface area (Å²) >= 11 is 0. The van der Waals surface area contributed by atoms with Gasteiger partial charge in [0.25, 0.3) is 11.7 Å². The molecule has 0 radical (unpaired) electrons. The molecule has 11 heteroatoms. The number of fused-ring (bicyclic) bond motifs is 3. The van der Waals surface area contributed by atoms with E-state index < -0.39 is 17.8 Å². The Morgan fingerprint density at radius 2 is 1.93 bits per heavy atom. The molecule has 0 bridgehead atoms. The molecule has 0 unspecified atom stereocenters. The fourth-order valence-electron chi connectivity index (χ4n) is 5.35. The summed E-state index contributed by atoms with van der Waals surface area (Å²) in [5.74, 6) is -0.572. The average Bonchev–Trinajstić information content (AvgIpc) is 3.60. The fraction of sp³-hybridized carbons (Fsp3) is 0.367. The van der Waals surface area contributed by atoms with Crippen molar-refractivity contribution in [3.05, 3.63) is 65.3 Å². The van der Waals surface area contributed by atoms with Crippen LogP contribution in [0.4, 0.5) is 10.1 Å². The van der Waals surface area contributed by atoms with Gasteiger partial charge in [0, 0.05) is 53.7 Å². The molecular weight excluding hydrogens is 523 g/mol. The van der Waals surface area contributed by atoms with Crippen molar-refractivity contribution >= 4 is 33.5 Å². The van der Waals surface area contributed by atoms with E-state index in [1.165, 1.54) is 6.33 Å². The summed E-state index contributed by atoms with van der Waals surface area (Å²) in [4.78, 5) is 31.7. The summed E-state index contributed by atoms with van der Waals surface area (Å²) in [7, 11) is 0. The van der Waals surface area contributed by atoms with Crippen LogP contribution in [0.15, 0.2) is 41.2 Å². The molecule has 3 aromatic heterocycles. The van der Waals surface area contributed by atoms with E-state index in [9.17, 15) is 4.79 Å². The molecule has 10 nitrogen and oxygen atoms in total. The predicted molar refractivity (Wildman–Crippen MR) is 155 cm³/mol. The number of hydrogen-bond acceptors (Lipinski definition) is 8. The van der Waals surface area contributed by atoms with E-state index in [4.69, 9.17) is 4.52 Å². The van der Waals surface area contributed by atoms with Crippen LogP contribution in [0.5, 0.6) is 0 Å². The zero-order chi connectivity index (χ0) is 28.9. The molecule has 3 N–H and O–H groups in total. The molecular formula is C30H33FN8O2. The first-order chi connectivity index (χ1) is 19.6. The van der Waals surface area contributed by atoms with Gasteiger partial charge in [0.1, 0.15) is 17.8 Å². The van der Waals surface area contributed by atoms with Crippen LogP contribution >= 0.6 is 0 Å². The number of benzene rings is 2. The number of rotatable bonds is 5. The van der Waals surface area contributed by atoms with Gasteiger partial charge in [-0.15, -0.1) is 0 Å². The van der Waals surface area contributed by atoms with Gasteiger partial charge in [-0.25, -0.2) is 14.4 Å². The van der Waals surface area contributed by atoms with Crippen LogP contribution in [-0.4, -0.2) is 57.2 Å². The largest absolute Gasteiger partial charge is 0.369 e. The molecule has 1 aliphatic rings. The van der Waals surface area contributed by atoms with Crippen LogP contribution in [0.1, 0.15) is 61.4 Å². The minimum absolute atomic E-state index is 0.0562. The topological polar surface area (TPSA) is 125 Å². The number of carbonyl (C=O) groups is 1. The Morgan fingerprint density at radius 1 is 1.15 bits per heavy atom. The lowest BCUT2D eigenvalue weighted by Gasteiger charge is -2.29. The molecule has 1 fully saturated rings. The quantitative estimate of drug-likeness (QED) is 0.282. The van der Waals surface area contributed by atoms with Crippen LogP contribution in [-0.2, 0) is 5.41 Å². The van der Waals surface area contributed by atoms with Crippen LogP contribution in [0.3, 0.4) is 0 Å². The number of hydrogen-bond donors (Lipinski definition) is 3. The summed E-state index contributed by atoms with van der Waals surface area (Å²) < 4.78 is 21.2. The molecule has 212 valence electrons. The molecule has 1 saturated heterocycles. The number of halogens is 1. The zero-order valence-electron chi connectivity index (χ0n) is 23.8. The lowest BCUT2D eigenvalue weighted by molar-refractivity contribution is 0.0926. The maximum absolute atomic E-state index is 16.0. The highest BCUT2D eigenvalue weighted by molar-refractivity contribution is 6.12. The molecule has 0 aliphatic carbocycles. The molecule has 1 amide bonds.